The van der Waals surface area contributed by atoms with Gasteiger partial charge < -0.3 is 5.32 Å². The second-order valence-corrected chi connectivity index (χ2v) is 6.83. The Morgan fingerprint density at radius 3 is 2.44 bits per heavy atom. The van der Waals surface area contributed by atoms with E-state index in [1.54, 1.807) is 0 Å². The van der Waals surface area contributed by atoms with Gasteiger partial charge >= 0.3 is 0 Å². The average molecular weight is 253 g/mol. The average Bonchev–Trinajstić information content (AvgIpc) is 2.76. The Balaban J connectivity index is 2.15. The van der Waals surface area contributed by atoms with Crippen molar-refractivity contribution in [3.05, 3.63) is 0 Å². The molecule has 0 bridgehead atoms. The summed E-state index contributed by atoms with van der Waals surface area (Å²) in [5, 5.41) is 3.51. The standard InChI is InChI=1S/C17H35N/c1-5-15(13-18-6-2)7-8-16-9-10-17(12-16)11-14(3)4/h14-18H,5-13H2,1-4H3. The van der Waals surface area contributed by atoms with Gasteiger partial charge in [0.25, 0.3) is 0 Å². The molecule has 0 aromatic rings. The van der Waals surface area contributed by atoms with Crippen LogP contribution in [0.2, 0.25) is 0 Å². The first-order valence-corrected chi connectivity index (χ1v) is 8.36. The minimum Gasteiger partial charge on any atom is -0.317 e. The highest BCUT2D eigenvalue weighted by molar-refractivity contribution is 4.77. The van der Waals surface area contributed by atoms with Gasteiger partial charge in [-0.1, -0.05) is 53.4 Å². The molecule has 1 saturated carbocycles. The van der Waals surface area contributed by atoms with Gasteiger partial charge in [0.15, 0.2) is 0 Å². The van der Waals surface area contributed by atoms with Crippen molar-refractivity contribution in [1.29, 1.82) is 0 Å². The molecule has 1 fully saturated rings. The molecule has 0 aromatic heterocycles. The maximum absolute atomic E-state index is 3.51. The maximum atomic E-state index is 3.51. The van der Waals surface area contributed by atoms with Crippen LogP contribution in [0.5, 0.6) is 0 Å². The van der Waals surface area contributed by atoms with Crippen molar-refractivity contribution in [2.45, 2.75) is 72.6 Å². The summed E-state index contributed by atoms with van der Waals surface area (Å²) in [4.78, 5) is 0. The van der Waals surface area contributed by atoms with Gasteiger partial charge in [0, 0.05) is 0 Å². The summed E-state index contributed by atoms with van der Waals surface area (Å²) in [5.74, 6) is 3.90. The molecular weight excluding hydrogens is 218 g/mol. The number of nitrogens with one attached hydrogen (secondary N) is 1. The van der Waals surface area contributed by atoms with Crippen molar-refractivity contribution in [3.63, 3.8) is 0 Å². The van der Waals surface area contributed by atoms with E-state index in [0.717, 1.165) is 30.2 Å². The summed E-state index contributed by atoms with van der Waals surface area (Å²) in [6, 6.07) is 0. The molecule has 3 atom stereocenters. The van der Waals surface area contributed by atoms with Gasteiger partial charge in [-0.15, -0.1) is 0 Å². The molecule has 1 rings (SSSR count). The molecule has 108 valence electrons. The minimum atomic E-state index is 0.894. The normalized spacial score (nSPS) is 25.8. The third kappa shape index (κ3) is 6.22. The number of hydrogen-bond acceptors (Lipinski definition) is 1. The third-order valence-corrected chi connectivity index (χ3v) is 4.70. The van der Waals surface area contributed by atoms with Crippen molar-refractivity contribution in [1.82, 2.24) is 5.32 Å². The number of hydrogen-bond donors (Lipinski definition) is 1. The summed E-state index contributed by atoms with van der Waals surface area (Å²) >= 11 is 0. The molecule has 0 aliphatic heterocycles. The smallest absolute Gasteiger partial charge is 0.00207 e. The Labute approximate surface area is 115 Å². The van der Waals surface area contributed by atoms with Crippen molar-refractivity contribution < 1.29 is 0 Å². The second kappa shape index (κ2) is 8.96. The molecule has 0 spiro atoms. The highest BCUT2D eigenvalue weighted by atomic mass is 14.8. The SMILES string of the molecule is CCNCC(CC)CCC1CCC(CC(C)C)C1. The second-order valence-electron chi connectivity index (χ2n) is 6.83. The van der Waals surface area contributed by atoms with E-state index in [-0.39, 0.29) is 0 Å². The summed E-state index contributed by atoms with van der Waals surface area (Å²) < 4.78 is 0. The van der Waals surface area contributed by atoms with Crippen molar-refractivity contribution in [2.75, 3.05) is 13.1 Å². The lowest BCUT2D eigenvalue weighted by Crippen LogP contribution is -2.22. The van der Waals surface area contributed by atoms with Gasteiger partial charge in [0.2, 0.25) is 0 Å². The highest BCUT2D eigenvalue weighted by Gasteiger charge is 2.25. The van der Waals surface area contributed by atoms with Gasteiger partial charge in [-0.05, 0) is 56.0 Å². The zero-order chi connectivity index (χ0) is 13.4. The molecule has 0 aromatic carbocycles. The molecular formula is C17H35N. The van der Waals surface area contributed by atoms with Crippen LogP contribution in [0.1, 0.15) is 72.6 Å². The lowest BCUT2D eigenvalue weighted by Gasteiger charge is -2.18. The van der Waals surface area contributed by atoms with Gasteiger partial charge in [0.1, 0.15) is 0 Å². The fourth-order valence-corrected chi connectivity index (χ4v) is 3.59. The predicted molar refractivity (Wildman–Crippen MR) is 81.8 cm³/mol. The lowest BCUT2D eigenvalue weighted by molar-refractivity contribution is 0.355. The van der Waals surface area contributed by atoms with Crippen LogP contribution in [0.25, 0.3) is 0 Å². The van der Waals surface area contributed by atoms with Gasteiger partial charge in [-0.25, -0.2) is 0 Å². The Morgan fingerprint density at radius 1 is 1.11 bits per heavy atom. The molecule has 0 saturated heterocycles. The van der Waals surface area contributed by atoms with Crippen LogP contribution in [-0.2, 0) is 0 Å². The van der Waals surface area contributed by atoms with E-state index in [2.05, 4.69) is 33.0 Å². The monoisotopic (exact) mass is 253 g/mol. The largest absolute Gasteiger partial charge is 0.317 e. The Bertz CT molecular complexity index is 200. The zero-order valence-corrected chi connectivity index (χ0v) is 13.2. The topological polar surface area (TPSA) is 12.0 Å². The van der Waals surface area contributed by atoms with Crippen LogP contribution in [0.4, 0.5) is 0 Å². The molecule has 1 nitrogen and oxygen atoms in total. The van der Waals surface area contributed by atoms with E-state index in [0.29, 0.717) is 0 Å². The zero-order valence-electron chi connectivity index (χ0n) is 13.2. The summed E-state index contributed by atoms with van der Waals surface area (Å²) in [5.41, 5.74) is 0. The Hall–Kier alpha value is -0.0400. The molecule has 1 heteroatoms. The van der Waals surface area contributed by atoms with E-state index in [1.165, 1.54) is 51.5 Å². The molecule has 0 heterocycles. The van der Waals surface area contributed by atoms with E-state index >= 15 is 0 Å². The maximum Gasteiger partial charge on any atom is -0.00207 e. The molecule has 1 aliphatic carbocycles. The third-order valence-electron chi connectivity index (χ3n) is 4.70. The first kappa shape index (κ1) is 16.0. The van der Waals surface area contributed by atoms with Crippen LogP contribution in [0, 0.1) is 23.7 Å². The van der Waals surface area contributed by atoms with Gasteiger partial charge in [-0.3, -0.25) is 0 Å². The van der Waals surface area contributed by atoms with Crippen LogP contribution in [0.3, 0.4) is 0 Å². The van der Waals surface area contributed by atoms with Crippen LogP contribution in [-0.4, -0.2) is 13.1 Å². The van der Waals surface area contributed by atoms with E-state index in [9.17, 15) is 0 Å². The molecule has 1 N–H and O–H groups in total. The van der Waals surface area contributed by atoms with Crippen molar-refractivity contribution in [2.24, 2.45) is 23.7 Å². The van der Waals surface area contributed by atoms with E-state index in [4.69, 9.17) is 0 Å². The number of rotatable bonds is 9. The van der Waals surface area contributed by atoms with Crippen LogP contribution < -0.4 is 5.32 Å². The summed E-state index contributed by atoms with van der Waals surface area (Å²) in [7, 11) is 0. The minimum absolute atomic E-state index is 0.894. The fourth-order valence-electron chi connectivity index (χ4n) is 3.59. The van der Waals surface area contributed by atoms with Crippen LogP contribution in [0.15, 0.2) is 0 Å². The molecule has 0 amide bonds. The van der Waals surface area contributed by atoms with Gasteiger partial charge in [-0.2, -0.15) is 0 Å². The van der Waals surface area contributed by atoms with Crippen molar-refractivity contribution >= 4 is 0 Å². The van der Waals surface area contributed by atoms with E-state index in [1.807, 2.05) is 0 Å². The molecule has 1 aliphatic rings. The molecule has 18 heavy (non-hydrogen) atoms. The van der Waals surface area contributed by atoms with E-state index < -0.39 is 0 Å². The Kier molecular flexibility index (Phi) is 7.97. The van der Waals surface area contributed by atoms with Crippen LogP contribution >= 0.6 is 0 Å². The first-order valence-electron chi connectivity index (χ1n) is 8.36. The summed E-state index contributed by atoms with van der Waals surface area (Å²) in [6.07, 6.45) is 10.3. The summed E-state index contributed by atoms with van der Waals surface area (Å²) in [6.45, 7) is 11.7. The predicted octanol–water partition coefficient (Wildman–Crippen LogP) is 4.86. The Morgan fingerprint density at radius 2 is 1.83 bits per heavy atom. The van der Waals surface area contributed by atoms with Crippen molar-refractivity contribution in [3.8, 4) is 0 Å². The first-order chi connectivity index (χ1) is 8.65. The molecule has 3 unspecified atom stereocenters. The lowest BCUT2D eigenvalue weighted by atomic mass is 9.90. The quantitative estimate of drug-likeness (QED) is 0.618. The highest BCUT2D eigenvalue weighted by Crippen LogP contribution is 2.37. The van der Waals surface area contributed by atoms with Gasteiger partial charge in [0.05, 0.1) is 0 Å². The molecule has 0 radical (unpaired) electrons. The fraction of sp³-hybridized carbons (Fsp3) is 1.00.